The van der Waals surface area contributed by atoms with Crippen molar-refractivity contribution in [2.75, 3.05) is 125 Å². The molecular weight excluding hydrogens is 684 g/mol. The Morgan fingerprint density at radius 3 is 1.08 bits per heavy atom. The standard InChI is InChI=1S/C39H50N4O10/c1-43(2)33-27-38-42-39(28-33)53-26-22-49-18-14-45-12-16-47-20-24-51-37-29-34(31-3-7-40-8-4-31)36(30-35(37)32-5-9-41-10-6-32)50-23-19-46-15-11-44-13-17-48-21-25-52-38/h3-10,27-30H,11-26H2,1-2H3. The number of fused-ring (bicyclic) bond motifs is 26. The molecule has 5 heterocycles. The summed E-state index contributed by atoms with van der Waals surface area (Å²) in [6.45, 7) is 6.39. The molecule has 53 heavy (non-hydrogen) atoms. The van der Waals surface area contributed by atoms with Crippen LogP contribution in [0.2, 0.25) is 0 Å². The second kappa shape index (κ2) is 23.2. The number of ether oxygens (including phenoxy) is 10. The lowest BCUT2D eigenvalue weighted by molar-refractivity contribution is 0.00440. The molecule has 0 unspecified atom stereocenters. The molecule has 0 radical (unpaired) electrons. The van der Waals surface area contributed by atoms with Crippen molar-refractivity contribution >= 4 is 5.69 Å². The number of rotatable bonds is 3. The zero-order valence-electron chi connectivity index (χ0n) is 30.6. The number of hydrogen-bond donors (Lipinski definition) is 0. The number of benzene rings is 1. The van der Waals surface area contributed by atoms with Crippen molar-refractivity contribution in [3.05, 3.63) is 73.3 Å². The minimum Gasteiger partial charge on any atom is -0.491 e. The van der Waals surface area contributed by atoms with Crippen LogP contribution in [-0.4, -0.2) is 135 Å². The van der Waals surface area contributed by atoms with E-state index in [0.717, 1.165) is 27.9 Å². The summed E-state index contributed by atoms with van der Waals surface area (Å²) in [5.74, 6) is 2.31. The quantitative estimate of drug-likeness (QED) is 0.272. The summed E-state index contributed by atoms with van der Waals surface area (Å²) in [5, 5.41) is 0. The minimum atomic E-state index is 0.337. The Balaban J connectivity index is 1.18. The smallest absolute Gasteiger partial charge is 0.218 e. The molecule has 0 fully saturated rings. The van der Waals surface area contributed by atoms with E-state index in [9.17, 15) is 0 Å². The molecule has 0 saturated carbocycles. The van der Waals surface area contributed by atoms with E-state index < -0.39 is 0 Å². The first kappa shape index (κ1) is 39.6. The maximum absolute atomic E-state index is 6.31. The van der Waals surface area contributed by atoms with Crippen molar-refractivity contribution in [2.24, 2.45) is 0 Å². The predicted octanol–water partition coefficient (Wildman–Crippen LogP) is 4.60. The molecule has 2 aliphatic rings. The lowest BCUT2D eigenvalue weighted by atomic mass is 9.99. The largest absolute Gasteiger partial charge is 0.491 e. The summed E-state index contributed by atoms with van der Waals surface area (Å²) in [6, 6.07) is 15.5. The highest BCUT2D eigenvalue weighted by molar-refractivity contribution is 5.81. The summed E-state index contributed by atoms with van der Waals surface area (Å²) in [6.07, 6.45) is 7.02. The Morgan fingerprint density at radius 1 is 0.415 bits per heavy atom. The molecule has 3 aromatic heterocycles. The third-order valence-corrected chi connectivity index (χ3v) is 7.76. The summed E-state index contributed by atoms with van der Waals surface area (Å²) >= 11 is 0. The van der Waals surface area contributed by atoms with Gasteiger partial charge in [0.25, 0.3) is 0 Å². The SMILES string of the molecule is CN(C)c1cc2nc(c1)OCCOCCOCCOCCOc1cc(-c3ccncc3)c(cc1-c1ccncc1)OCCOCCOCCOCCO2. The fourth-order valence-electron chi connectivity index (χ4n) is 5.10. The number of nitrogens with zero attached hydrogens (tertiary/aromatic N) is 4. The Hall–Kier alpha value is -4.57. The van der Waals surface area contributed by atoms with Gasteiger partial charge in [0.15, 0.2) is 0 Å². The highest BCUT2D eigenvalue weighted by Crippen LogP contribution is 2.41. The van der Waals surface area contributed by atoms with Crippen LogP contribution >= 0.6 is 0 Å². The van der Waals surface area contributed by atoms with E-state index >= 15 is 0 Å². The molecule has 4 bridgehead atoms. The highest BCUT2D eigenvalue weighted by atomic mass is 16.6. The van der Waals surface area contributed by atoms with Crippen LogP contribution in [-0.2, 0) is 28.4 Å². The third kappa shape index (κ3) is 14.1. The van der Waals surface area contributed by atoms with Crippen LogP contribution in [0.4, 0.5) is 5.69 Å². The maximum atomic E-state index is 6.31. The maximum Gasteiger partial charge on any atom is 0.218 e. The molecule has 6 rings (SSSR count). The average Bonchev–Trinajstić information content (AvgIpc) is 3.18. The third-order valence-electron chi connectivity index (χ3n) is 7.76. The predicted molar refractivity (Wildman–Crippen MR) is 198 cm³/mol. The monoisotopic (exact) mass is 734 g/mol. The second-order valence-corrected chi connectivity index (χ2v) is 11.8. The van der Waals surface area contributed by atoms with Crippen LogP contribution in [0, 0.1) is 0 Å². The van der Waals surface area contributed by atoms with Crippen molar-refractivity contribution in [1.29, 1.82) is 0 Å². The molecule has 0 spiro atoms. The summed E-state index contributed by atoms with van der Waals surface area (Å²) in [5.41, 5.74) is 4.56. The van der Waals surface area contributed by atoms with Crippen molar-refractivity contribution in [3.63, 3.8) is 0 Å². The van der Waals surface area contributed by atoms with Crippen LogP contribution < -0.4 is 23.8 Å². The zero-order valence-corrected chi connectivity index (χ0v) is 30.6. The lowest BCUT2D eigenvalue weighted by Crippen LogP contribution is -2.15. The molecule has 14 nitrogen and oxygen atoms in total. The van der Waals surface area contributed by atoms with Gasteiger partial charge < -0.3 is 52.3 Å². The van der Waals surface area contributed by atoms with Gasteiger partial charge in [0, 0.05) is 67.8 Å². The molecule has 0 amide bonds. The van der Waals surface area contributed by atoms with E-state index in [1.807, 2.05) is 67.5 Å². The minimum absolute atomic E-state index is 0.337. The first-order chi connectivity index (χ1) is 26.2. The molecule has 0 aliphatic carbocycles. The van der Waals surface area contributed by atoms with Gasteiger partial charge in [-0.1, -0.05) is 0 Å². The van der Waals surface area contributed by atoms with Gasteiger partial charge in [0.05, 0.1) is 79.3 Å². The molecule has 2 aliphatic heterocycles. The summed E-state index contributed by atoms with van der Waals surface area (Å²) < 4.78 is 58.6. The first-order valence-electron chi connectivity index (χ1n) is 17.8. The van der Waals surface area contributed by atoms with Crippen molar-refractivity contribution < 1.29 is 47.4 Å². The topological polar surface area (TPSA) is 134 Å². The van der Waals surface area contributed by atoms with Crippen molar-refractivity contribution in [1.82, 2.24) is 15.0 Å². The molecule has 1 aromatic carbocycles. The van der Waals surface area contributed by atoms with Gasteiger partial charge in [-0.05, 0) is 47.5 Å². The number of pyridine rings is 3. The van der Waals surface area contributed by atoms with E-state index in [1.54, 1.807) is 24.8 Å². The van der Waals surface area contributed by atoms with E-state index in [1.165, 1.54) is 0 Å². The summed E-state index contributed by atoms with van der Waals surface area (Å²) in [4.78, 5) is 14.8. The van der Waals surface area contributed by atoms with Crippen LogP contribution in [0.25, 0.3) is 22.3 Å². The Bertz CT molecular complexity index is 1490. The lowest BCUT2D eigenvalue weighted by Gasteiger charge is -2.18. The van der Waals surface area contributed by atoms with Gasteiger partial charge in [-0.3, -0.25) is 9.97 Å². The van der Waals surface area contributed by atoms with Gasteiger partial charge in [0.2, 0.25) is 11.8 Å². The van der Waals surface area contributed by atoms with E-state index in [4.69, 9.17) is 47.4 Å². The number of hydrogen-bond acceptors (Lipinski definition) is 14. The first-order valence-corrected chi connectivity index (χ1v) is 17.8. The molecule has 4 aromatic rings. The van der Waals surface area contributed by atoms with Gasteiger partial charge >= 0.3 is 0 Å². The average molecular weight is 735 g/mol. The Morgan fingerprint density at radius 2 is 0.736 bits per heavy atom. The summed E-state index contributed by atoms with van der Waals surface area (Å²) in [7, 11) is 3.89. The van der Waals surface area contributed by atoms with E-state index in [0.29, 0.717) is 129 Å². The van der Waals surface area contributed by atoms with E-state index in [2.05, 4.69) is 15.0 Å². The number of aromatic nitrogens is 3. The highest BCUT2D eigenvalue weighted by Gasteiger charge is 2.16. The molecule has 14 heteroatoms. The molecule has 286 valence electrons. The van der Waals surface area contributed by atoms with Gasteiger partial charge in [0.1, 0.15) is 37.9 Å². The zero-order chi connectivity index (χ0) is 36.8. The van der Waals surface area contributed by atoms with Crippen molar-refractivity contribution in [3.8, 4) is 45.5 Å². The normalized spacial score (nSPS) is 16.9. The van der Waals surface area contributed by atoms with Gasteiger partial charge in [-0.25, -0.2) is 0 Å². The van der Waals surface area contributed by atoms with Crippen molar-refractivity contribution in [2.45, 2.75) is 0 Å². The molecule has 0 atom stereocenters. The van der Waals surface area contributed by atoms with Gasteiger partial charge in [-0.2, -0.15) is 4.98 Å². The van der Waals surface area contributed by atoms with Gasteiger partial charge in [-0.15, -0.1) is 0 Å². The van der Waals surface area contributed by atoms with Crippen LogP contribution in [0.3, 0.4) is 0 Å². The number of anilines is 1. The fourth-order valence-corrected chi connectivity index (χ4v) is 5.10. The molecule has 0 saturated heterocycles. The Labute approximate surface area is 311 Å². The Kier molecular flexibility index (Phi) is 17.3. The van der Waals surface area contributed by atoms with E-state index in [-0.39, 0.29) is 0 Å². The molecule has 0 N–H and O–H groups in total. The van der Waals surface area contributed by atoms with Crippen LogP contribution in [0.5, 0.6) is 23.3 Å². The fraction of sp³-hybridized carbons (Fsp3) is 0.462. The molecular formula is C39H50N4O10. The van der Waals surface area contributed by atoms with Crippen LogP contribution in [0.1, 0.15) is 0 Å². The van der Waals surface area contributed by atoms with Crippen LogP contribution in [0.15, 0.2) is 73.3 Å². The second-order valence-electron chi connectivity index (χ2n) is 11.8.